The lowest BCUT2D eigenvalue weighted by molar-refractivity contribution is -0.219. The van der Waals surface area contributed by atoms with Crippen LogP contribution in [0.25, 0.3) is 0 Å². The molecule has 0 aromatic heterocycles. The average molecular weight is 1460 g/mol. The van der Waals surface area contributed by atoms with E-state index in [0.717, 1.165) is 14.7 Å². The van der Waals surface area contributed by atoms with E-state index < -0.39 is 217 Å². The van der Waals surface area contributed by atoms with Gasteiger partial charge in [0.1, 0.15) is 72.1 Å². The van der Waals surface area contributed by atoms with Crippen molar-refractivity contribution in [1.82, 2.24) is 55.1 Å². The first kappa shape index (κ1) is 84.5. The molecule has 31 heteroatoms. The molecule has 0 aromatic carbocycles. The van der Waals surface area contributed by atoms with Crippen molar-refractivity contribution in [2.24, 2.45) is 41.4 Å². The van der Waals surface area contributed by atoms with Crippen molar-refractivity contribution in [1.29, 1.82) is 0 Å². The van der Waals surface area contributed by atoms with E-state index in [9.17, 15) is 55.1 Å². The molecule has 2 unspecified atom stereocenters. The summed E-state index contributed by atoms with van der Waals surface area (Å²) in [6, 6.07) is -11.4. The Balaban J connectivity index is 1.43. The van der Waals surface area contributed by atoms with E-state index >= 15 is 32.8 Å². The highest BCUT2D eigenvalue weighted by molar-refractivity contribution is 6.00. The second-order valence-corrected chi connectivity index (χ2v) is 30.4. The zero-order valence-corrected chi connectivity index (χ0v) is 62.2. The van der Waals surface area contributed by atoms with Gasteiger partial charge in [-0.1, -0.05) is 54.4 Å². The smallest absolute Gasteiger partial charge is 0.377 e. The number of carbonyl (C=O) groups excluding carboxylic acids is 11. The first-order valence-electron chi connectivity index (χ1n) is 36.8. The third-order valence-corrected chi connectivity index (χ3v) is 23.1. The summed E-state index contributed by atoms with van der Waals surface area (Å²) in [6.07, 6.45) is -17.5. The molecule has 1 spiro atoms. The molecule has 3 heterocycles. The second-order valence-electron chi connectivity index (χ2n) is 30.4. The second kappa shape index (κ2) is 35.6. The Morgan fingerprint density at radius 3 is 1.73 bits per heavy atom. The fourth-order valence-corrected chi connectivity index (χ4v) is 15.7. The monoisotopic (exact) mass is 1460 g/mol. The van der Waals surface area contributed by atoms with Gasteiger partial charge < -0.3 is 59.9 Å². The Bertz CT molecular complexity index is 2960. The molecular weight excluding hydrogens is 1350 g/mol. The Kier molecular flexibility index (Phi) is 29.5. The number of hydrogen-bond donors (Lipinski definition) is 3. The molecule has 0 aromatic rings. The summed E-state index contributed by atoms with van der Waals surface area (Å²) in [5.41, 5.74) is -1.62. The fourth-order valence-electron chi connectivity index (χ4n) is 15.7. The molecule has 6 rings (SSSR count). The predicted octanol–water partition coefficient (Wildman–Crippen LogP) is 6.97. The van der Waals surface area contributed by atoms with Crippen LogP contribution in [0.1, 0.15) is 185 Å². The van der Waals surface area contributed by atoms with Gasteiger partial charge in [0.25, 0.3) is 0 Å². The zero-order chi connectivity index (χ0) is 76.5. The molecule has 6 fully saturated rings. The Labute approximate surface area is 595 Å². The number of nitrogens with one attached hydrogen (secondary N) is 3. The number of carbonyl (C=O) groups is 11. The largest absolute Gasteiger partial charge is 0.397 e. The van der Waals surface area contributed by atoms with Crippen LogP contribution in [0, 0.1) is 41.4 Å². The topological polar surface area (TPSA) is 259 Å². The highest BCUT2D eigenvalue weighted by Crippen LogP contribution is 2.45. The summed E-state index contributed by atoms with van der Waals surface area (Å²) in [5, 5.41) is 8.43. The van der Waals surface area contributed by atoms with Gasteiger partial charge in [-0.3, -0.25) is 52.7 Å². The van der Waals surface area contributed by atoms with Crippen LogP contribution >= 0.6 is 0 Å². The molecule has 23 nitrogen and oxygen atoms in total. The summed E-state index contributed by atoms with van der Waals surface area (Å²) in [5.74, 6) is -15.4. The lowest BCUT2D eigenvalue weighted by Crippen LogP contribution is -2.68. The minimum absolute atomic E-state index is 0.0138. The zero-order valence-electron chi connectivity index (χ0n) is 62.2. The van der Waals surface area contributed by atoms with Crippen LogP contribution in [0.4, 0.5) is 35.1 Å². The summed E-state index contributed by atoms with van der Waals surface area (Å²) < 4.78 is 121. The standard InChI is InChI=1S/C71H113F8N11O12/c1-16-40(7)58-66(99)85(13)43(10)62(95)89-30-27-51(89)65(98)88(18-3)54(35-44-21-24-46(25-22-44)70(74,75)76)64(97)83(11)38-55(91)80-50(26-23-45-33-48(72)57(49(73)34-45)71(77,78)79)63(96)90-37-47(102-19-4)36-53(90)61(94)82-69(28-20-29-69)68(101)87(15)59(41(8)17-2)67(100)84(12)42(9)32-56(92)86(14)52(31-39(5)6)60(93)81-58/h39-54,57-59H,16-38H2,1-15H3,(H,80,91)(H,81,93)(H,82,94)/t40-,41-,42+,43-,44?,45?,46?,47+,48?,49?,50-,51-,52-,53-,54-,57?,58-,59-/m0/s1. The van der Waals surface area contributed by atoms with Gasteiger partial charge in [-0.05, 0) is 147 Å². The van der Waals surface area contributed by atoms with Gasteiger partial charge in [-0.25, -0.2) is 8.78 Å². The summed E-state index contributed by atoms with van der Waals surface area (Å²) in [6.45, 7) is 16.0. The lowest BCUT2D eigenvalue weighted by atomic mass is 9.74. The molecule has 3 aliphatic carbocycles. The van der Waals surface area contributed by atoms with Crippen molar-refractivity contribution < 1.29 is 92.6 Å². The highest BCUT2D eigenvalue weighted by atomic mass is 19.4. The van der Waals surface area contributed by atoms with E-state index in [1.807, 2.05) is 20.8 Å². The minimum atomic E-state index is -5.20. The summed E-state index contributed by atoms with van der Waals surface area (Å²) in [7, 11) is 6.97. The van der Waals surface area contributed by atoms with Gasteiger partial charge in [-0.15, -0.1) is 0 Å². The highest BCUT2D eigenvalue weighted by Gasteiger charge is 2.56. The van der Waals surface area contributed by atoms with Gasteiger partial charge in [-0.2, -0.15) is 26.3 Å². The van der Waals surface area contributed by atoms with Crippen LogP contribution in [-0.4, -0.2) is 263 Å². The Hall–Kier alpha value is -6.43. The van der Waals surface area contributed by atoms with Crippen LogP contribution in [-0.2, 0) is 57.5 Å². The molecule has 102 heavy (non-hydrogen) atoms. The molecule has 3 N–H and O–H groups in total. The number of alkyl halides is 8. The van der Waals surface area contributed by atoms with E-state index in [4.69, 9.17) is 4.74 Å². The molecule has 3 saturated carbocycles. The first-order valence-corrected chi connectivity index (χ1v) is 36.8. The van der Waals surface area contributed by atoms with E-state index in [0.29, 0.717) is 19.3 Å². The molecule has 0 radical (unpaired) electrons. The summed E-state index contributed by atoms with van der Waals surface area (Å²) >= 11 is 0. The minimum Gasteiger partial charge on any atom is -0.377 e. The third kappa shape index (κ3) is 19.7. The van der Waals surface area contributed by atoms with Crippen LogP contribution in [0.3, 0.4) is 0 Å². The predicted molar refractivity (Wildman–Crippen MR) is 361 cm³/mol. The van der Waals surface area contributed by atoms with Crippen molar-refractivity contribution in [3.63, 3.8) is 0 Å². The van der Waals surface area contributed by atoms with E-state index in [1.165, 1.54) is 66.7 Å². The number of nitrogens with zero attached hydrogens (tertiary/aromatic N) is 8. The molecule has 6 aliphatic rings. The summed E-state index contributed by atoms with van der Waals surface area (Å²) in [4.78, 5) is 174. The van der Waals surface area contributed by atoms with Crippen molar-refractivity contribution in [3.05, 3.63) is 0 Å². The first-order chi connectivity index (χ1) is 47.6. The van der Waals surface area contributed by atoms with Crippen LogP contribution < -0.4 is 16.0 Å². The lowest BCUT2D eigenvalue weighted by Gasteiger charge is -2.46. The fraction of sp³-hybridized carbons (Fsp3) is 0.845. The van der Waals surface area contributed by atoms with E-state index in [2.05, 4.69) is 16.0 Å². The number of hydrogen-bond acceptors (Lipinski definition) is 12. The molecule has 580 valence electrons. The molecule has 14 atom stereocenters. The van der Waals surface area contributed by atoms with Gasteiger partial charge >= 0.3 is 12.4 Å². The van der Waals surface area contributed by atoms with Crippen molar-refractivity contribution in [2.75, 3.05) is 68.0 Å². The van der Waals surface area contributed by atoms with E-state index in [-0.39, 0.29) is 109 Å². The SMILES string of the molecule is CCO[C@@H]1C[C@H]2C(=O)NC3(CCC3)C(=O)N(C)[C@@H]([C@@H](C)CC)C(=O)N(C)[C@H](C)CC(=O)N(C)[C@@H](CC(C)C)C(=O)N[C@@H]([C@@H](C)CC)C(=O)N(C)[C@@H](C)C(=O)N3CC[C@H]3C(=O)N(CC)[C@@H](CC3CCC(C(F)(F)F)CC3)C(=O)N(C)CC(=O)N[C@@H](CCC3CC(F)C(C(F)(F)F)C(F)C3)C(=O)N2C1. The van der Waals surface area contributed by atoms with Gasteiger partial charge in [0.2, 0.25) is 65.0 Å². The normalized spacial score (nSPS) is 32.8. The van der Waals surface area contributed by atoms with Gasteiger partial charge in [0, 0.05) is 80.4 Å². The quantitative estimate of drug-likeness (QED) is 0.149. The van der Waals surface area contributed by atoms with Crippen LogP contribution in [0.15, 0.2) is 0 Å². The number of halogens is 8. The number of amides is 11. The number of fused-ring (bicyclic) bond motifs is 2. The maximum Gasteiger partial charge on any atom is 0.397 e. The third-order valence-electron chi connectivity index (χ3n) is 23.1. The van der Waals surface area contributed by atoms with Gasteiger partial charge in [0.05, 0.1) is 18.6 Å². The van der Waals surface area contributed by atoms with Crippen molar-refractivity contribution in [3.8, 4) is 0 Å². The molecule has 3 saturated heterocycles. The molecular formula is C71H113F8N11O12. The molecule has 3 aliphatic heterocycles. The van der Waals surface area contributed by atoms with Gasteiger partial charge in [0.15, 0.2) is 0 Å². The van der Waals surface area contributed by atoms with Crippen molar-refractivity contribution >= 4 is 65.0 Å². The Morgan fingerprint density at radius 2 is 1.22 bits per heavy atom. The molecule has 11 amide bonds. The number of ether oxygens (including phenoxy) is 1. The maximum absolute atomic E-state index is 15.4. The van der Waals surface area contributed by atoms with Crippen LogP contribution in [0.2, 0.25) is 0 Å². The van der Waals surface area contributed by atoms with Crippen molar-refractivity contribution in [2.45, 2.75) is 276 Å². The molecule has 0 bridgehead atoms. The maximum atomic E-state index is 15.4. The van der Waals surface area contributed by atoms with Crippen LogP contribution in [0.5, 0.6) is 0 Å². The van der Waals surface area contributed by atoms with E-state index in [1.54, 1.807) is 41.5 Å². The average Bonchev–Trinajstić information content (AvgIpc) is 1.15. The number of likely N-dealkylation sites (N-methyl/N-ethyl adjacent to an activating group) is 6. The number of rotatable bonds is 14. The Morgan fingerprint density at radius 1 is 0.608 bits per heavy atom.